The number of hydrogen-bond acceptors (Lipinski definition) is 0. The van der Waals surface area contributed by atoms with Crippen LogP contribution in [-0.4, -0.2) is 5.16 Å². The summed E-state index contributed by atoms with van der Waals surface area (Å²) in [4.78, 5) is 0. The van der Waals surface area contributed by atoms with E-state index in [1.807, 2.05) is 0 Å². The van der Waals surface area contributed by atoms with Gasteiger partial charge in [0.25, 0.3) is 0 Å². The van der Waals surface area contributed by atoms with Crippen LogP contribution >= 0.6 is 9.24 Å². The standard InChI is InChI=1S/C20H43P/c1-5-9-13-14-16-19(15-10-6-2)20(21,17-11-7-3)18-12-8-4/h19H,5-18,21H2,1-4H3. The summed E-state index contributed by atoms with van der Waals surface area (Å²) in [5.74, 6) is 0.942. The number of unbranched alkanes of at least 4 members (excludes halogenated alkanes) is 6. The van der Waals surface area contributed by atoms with Crippen LogP contribution in [0.15, 0.2) is 0 Å². The highest BCUT2D eigenvalue weighted by Crippen LogP contribution is 2.43. The van der Waals surface area contributed by atoms with Crippen molar-refractivity contribution < 1.29 is 0 Å². The van der Waals surface area contributed by atoms with Gasteiger partial charge in [-0.05, 0) is 36.8 Å². The second-order valence-electron chi connectivity index (χ2n) is 7.13. The van der Waals surface area contributed by atoms with Gasteiger partial charge in [-0.1, -0.05) is 91.9 Å². The van der Waals surface area contributed by atoms with Crippen molar-refractivity contribution in [2.75, 3.05) is 0 Å². The molecule has 0 amide bonds. The minimum absolute atomic E-state index is 0.535. The summed E-state index contributed by atoms with van der Waals surface area (Å²) >= 11 is 0. The lowest BCUT2D eigenvalue weighted by molar-refractivity contribution is 0.275. The molecule has 2 unspecified atom stereocenters. The molecule has 0 bridgehead atoms. The first-order chi connectivity index (χ1) is 10.1. The Bertz CT molecular complexity index is 204. The monoisotopic (exact) mass is 314 g/mol. The molecule has 0 aliphatic heterocycles. The van der Waals surface area contributed by atoms with E-state index in [9.17, 15) is 0 Å². The van der Waals surface area contributed by atoms with Crippen LogP contribution in [0.25, 0.3) is 0 Å². The highest BCUT2D eigenvalue weighted by atomic mass is 31.0. The first-order valence-electron chi connectivity index (χ1n) is 9.93. The molecule has 2 atom stereocenters. The topological polar surface area (TPSA) is 0 Å². The van der Waals surface area contributed by atoms with Crippen LogP contribution in [0.2, 0.25) is 0 Å². The predicted molar refractivity (Wildman–Crippen MR) is 103 cm³/mol. The van der Waals surface area contributed by atoms with Gasteiger partial charge in [0.05, 0.1) is 0 Å². The SMILES string of the molecule is CCCCCCC(CCCC)C(P)(CCCC)CCCC. The van der Waals surface area contributed by atoms with Crippen molar-refractivity contribution in [3.05, 3.63) is 0 Å². The molecular formula is C20H43P. The lowest BCUT2D eigenvalue weighted by Gasteiger charge is -2.39. The number of hydrogen-bond donors (Lipinski definition) is 0. The predicted octanol–water partition coefficient (Wildman–Crippen LogP) is 7.76. The first kappa shape index (κ1) is 21.4. The van der Waals surface area contributed by atoms with Gasteiger partial charge in [-0.2, -0.15) is 0 Å². The Hall–Kier alpha value is 0.430. The maximum atomic E-state index is 3.35. The fraction of sp³-hybridized carbons (Fsp3) is 1.00. The molecule has 1 heteroatoms. The molecule has 0 nitrogen and oxygen atoms in total. The minimum Gasteiger partial charge on any atom is -0.131 e. The van der Waals surface area contributed by atoms with E-state index in [1.54, 1.807) is 0 Å². The van der Waals surface area contributed by atoms with Crippen LogP contribution in [0, 0.1) is 5.92 Å². The van der Waals surface area contributed by atoms with Crippen molar-refractivity contribution in [1.82, 2.24) is 0 Å². The molecule has 0 aliphatic rings. The van der Waals surface area contributed by atoms with Crippen molar-refractivity contribution in [3.8, 4) is 0 Å². The Morgan fingerprint density at radius 1 is 0.619 bits per heavy atom. The maximum Gasteiger partial charge on any atom is -0.0122 e. The average Bonchev–Trinajstić information content (AvgIpc) is 2.50. The molecule has 0 saturated heterocycles. The molecule has 0 aromatic carbocycles. The van der Waals surface area contributed by atoms with E-state index in [2.05, 4.69) is 36.9 Å². The second-order valence-corrected chi connectivity index (χ2v) is 8.28. The zero-order valence-corrected chi connectivity index (χ0v) is 16.7. The van der Waals surface area contributed by atoms with Crippen molar-refractivity contribution in [1.29, 1.82) is 0 Å². The van der Waals surface area contributed by atoms with Crippen molar-refractivity contribution in [2.24, 2.45) is 5.92 Å². The van der Waals surface area contributed by atoms with Gasteiger partial charge in [0.15, 0.2) is 0 Å². The van der Waals surface area contributed by atoms with Crippen LogP contribution in [0.1, 0.15) is 118 Å². The summed E-state index contributed by atoms with van der Waals surface area (Å²) in [5.41, 5.74) is 0. The molecule has 0 fully saturated rings. The molecule has 0 radical (unpaired) electrons. The van der Waals surface area contributed by atoms with Crippen LogP contribution < -0.4 is 0 Å². The highest BCUT2D eigenvalue weighted by Gasteiger charge is 2.32. The summed E-state index contributed by atoms with van der Waals surface area (Å²) in [6.07, 6.45) is 19.8. The number of rotatable bonds is 15. The van der Waals surface area contributed by atoms with Gasteiger partial charge in [0.1, 0.15) is 0 Å². The van der Waals surface area contributed by atoms with E-state index in [0.29, 0.717) is 5.16 Å². The minimum atomic E-state index is 0.535. The third-order valence-corrected chi connectivity index (χ3v) is 6.17. The van der Waals surface area contributed by atoms with Crippen molar-refractivity contribution in [3.63, 3.8) is 0 Å². The third-order valence-electron chi connectivity index (χ3n) is 5.12. The van der Waals surface area contributed by atoms with E-state index < -0.39 is 0 Å². The summed E-state index contributed by atoms with van der Waals surface area (Å²) in [7, 11) is 3.35. The second kappa shape index (κ2) is 14.0. The van der Waals surface area contributed by atoms with Gasteiger partial charge in [0, 0.05) is 0 Å². The molecule has 0 aliphatic carbocycles. The molecule has 0 aromatic rings. The lowest BCUT2D eigenvalue weighted by atomic mass is 9.77. The van der Waals surface area contributed by atoms with Crippen LogP contribution in [0.5, 0.6) is 0 Å². The Labute approximate surface area is 138 Å². The Morgan fingerprint density at radius 3 is 1.57 bits per heavy atom. The summed E-state index contributed by atoms with van der Waals surface area (Å²) in [6, 6.07) is 0. The Morgan fingerprint density at radius 2 is 1.10 bits per heavy atom. The summed E-state index contributed by atoms with van der Waals surface area (Å²) in [5, 5.41) is 0.535. The zero-order chi connectivity index (χ0) is 16.0. The molecule has 0 aromatic heterocycles. The molecule has 0 saturated carbocycles. The smallest absolute Gasteiger partial charge is 0.0122 e. The van der Waals surface area contributed by atoms with Gasteiger partial charge in [0.2, 0.25) is 0 Å². The van der Waals surface area contributed by atoms with E-state index >= 15 is 0 Å². The first-order valence-corrected chi connectivity index (χ1v) is 10.5. The Kier molecular flexibility index (Phi) is 14.3. The third kappa shape index (κ3) is 9.93. The maximum absolute atomic E-state index is 3.35. The van der Waals surface area contributed by atoms with Crippen molar-refractivity contribution in [2.45, 2.75) is 123 Å². The fourth-order valence-corrected chi connectivity index (χ4v) is 4.27. The molecule has 0 N–H and O–H groups in total. The van der Waals surface area contributed by atoms with Crippen LogP contribution in [-0.2, 0) is 0 Å². The summed E-state index contributed by atoms with van der Waals surface area (Å²) < 4.78 is 0. The summed E-state index contributed by atoms with van der Waals surface area (Å²) in [6.45, 7) is 9.34. The van der Waals surface area contributed by atoms with Gasteiger partial charge < -0.3 is 0 Å². The van der Waals surface area contributed by atoms with Gasteiger partial charge in [-0.15, -0.1) is 9.24 Å². The van der Waals surface area contributed by atoms with Gasteiger partial charge >= 0.3 is 0 Å². The van der Waals surface area contributed by atoms with Gasteiger partial charge in [-0.3, -0.25) is 0 Å². The normalized spacial score (nSPS) is 13.6. The average molecular weight is 315 g/mol. The molecule has 128 valence electrons. The van der Waals surface area contributed by atoms with E-state index in [-0.39, 0.29) is 0 Å². The molecule has 0 rings (SSSR count). The van der Waals surface area contributed by atoms with Gasteiger partial charge in [-0.25, -0.2) is 0 Å². The van der Waals surface area contributed by atoms with Crippen LogP contribution in [0.3, 0.4) is 0 Å². The zero-order valence-electron chi connectivity index (χ0n) is 15.6. The lowest BCUT2D eigenvalue weighted by Crippen LogP contribution is -2.32. The van der Waals surface area contributed by atoms with Crippen LogP contribution in [0.4, 0.5) is 0 Å². The molecule has 21 heavy (non-hydrogen) atoms. The molecule has 0 heterocycles. The fourth-order valence-electron chi connectivity index (χ4n) is 3.53. The molecular weight excluding hydrogens is 271 g/mol. The van der Waals surface area contributed by atoms with E-state index in [0.717, 1.165) is 5.92 Å². The van der Waals surface area contributed by atoms with Crippen molar-refractivity contribution >= 4 is 9.24 Å². The molecule has 0 spiro atoms. The van der Waals surface area contributed by atoms with E-state index in [4.69, 9.17) is 0 Å². The van der Waals surface area contributed by atoms with E-state index in [1.165, 1.54) is 89.9 Å². The Balaban J connectivity index is 4.62. The highest BCUT2D eigenvalue weighted by molar-refractivity contribution is 7.19. The largest absolute Gasteiger partial charge is 0.131 e. The quantitative estimate of drug-likeness (QED) is 0.214.